The quantitative estimate of drug-likeness (QED) is 0.417. The highest BCUT2D eigenvalue weighted by molar-refractivity contribution is 5.72. The Morgan fingerprint density at radius 1 is 0.788 bits per heavy atom. The second-order valence-corrected chi connectivity index (χ2v) is 8.30. The highest BCUT2D eigenvalue weighted by atomic mass is 16.2. The molecule has 6 nitrogen and oxygen atoms in total. The highest BCUT2D eigenvalue weighted by Gasteiger charge is 2.19. The Morgan fingerprint density at radius 2 is 1.48 bits per heavy atom. The van der Waals surface area contributed by atoms with Gasteiger partial charge in [-0.1, -0.05) is 72.3 Å². The van der Waals surface area contributed by atoms with Crippen molar-refractivity contribution in [3.8, 4) is 5.69 Å². The molecule has 2 heterocycles. The maximum Gasteiger partial charge on any atom is 0.337 e. The zero-order valence-electron chi connectivity index (χ0n) is 18.6. The van der Waals surface area contributed by atoms with Crippen LogP contribution in [-0.2, 0) is 13.1 Å². The van der Waals surface area contributed by atoms with Gasteiger partial charge in [0.2, 0.25) is 0 Å². The van der Waals surface area contributed by atoms with Crippen LogP contribution in [0.15, 0.2) is 94.8 Å². The van der Waals surface area contributed by atoms with Crippen LogP contribution >= 0.6 is 0 Å². The van der Waals surface area contributed by atoms with E-state index in [1.807, 2.05) is 97.3 Å². The van der Waals surface area contributed by atoms with Gasteiger partial charge in [-0.15, -0.1) is 0 Å². The third-order valence-corrected chi connectivity index (χ3v) is 5.98. The fraction of sp³-hybridized carbons (Fsp3) is 0.148. The molecular weight excluding hydrogens is 412 g/mol. The van der Waals surface area contributed by atoms with Gasteiger partial charge in [0.25, 0.3) is 5.56 Å². The van der Waals surface area contributed by atoms with Crippen molar-refractivity contribution in [2.24, 2.45) is 0 Å². The number of nitrogens with zero attached hydrogens (tertiary/aromatic N) is 4. The summed E-state index contributed by atoms with van der Waals surface area (Å²) in [6.07, 6.45) is 1.65. The van der Waals surface area contributed by atoms with E-state index in [0.717, 1.165) is 22.3 Å². The summed E-state index contributed by atoms with van der Waals surface area (Å²) in [5.74, 6) is 0. The fourth-order valence-electron chi connectivity index (χ4n) is 4.10. The molecule has 5 aromatic rings. The molecule has 6 heteroatoms. The lowest BCUT2D eigenvalue weighted by Gasteiger charge is -2.13. The molecule has 0 fully saturated rings. The Bertz CT molecular complexity index is 1560. The average molecular weight is 437 g/mol. The Morgan fingerprint density at radius 3 is 2.21 bits per heavy atom. The summed E-state index contributed by atoms with van der Waals surface area (Å²) in [5.41, 5.74) is 4.92. The molecular formula is C27H24N4O2. The van der Waals surface area contributed by atoms with Gasteiger partial charge in [0.05, 0.1) is 18.6 Å². The zero-order valence-corrected chi connectivity index (χ0v) is 18.6. The Kier molecular flexibility index (Phi) is 5.26. The molecule has 0 aliphatic carbocycles. The summed E-state index contributed by atoms with van der Waals surface area (Å²) in [5, 5.41) is 0. The molecule has 0 atom stereocenters. The van der Waals surface area contributed by atoms with E-state index in [-0.39, 0.29) is 12.1 Å². The van der Waals surface area contributed by atoms with E-state index in [1.54, 1.807) is 6.33 Å². The largest absolute Gasteiger partial charge is 0.337 e. The number of rotatable bonds is 5. The Hall–Kier alpha value is -4.19. The predicted molar refractivity (Wildman–Crippen MR) is 130 cm³/mol. The van der Waals surface area contributed by atoms with Crippen molar-refractivity contribution < 1.29 is 0 Å². The van der Waals surface area contributed by atoms with Crippen molar-refractivity contribution >= 4 is 11.2 Å². The number of imidazole rings is 1. The third-order valence-electron chi connectivity index (χ3n) is 5.98. The zero-order chi connectivity index (χ0) is 22.9. The minimum Gasteiger partial charge on any atom is -0.320 e. The maximum atomic E-state index is 13.6. The van der Waals surface area contributed by atoms with Crippen molar-refractivity contribution in [1.29, 1.82) is 0 Å². The molecule has 2 aromatic heterocycles. The van der Waals surface area contributed by atoms with Crippen LogP contribution in [-0.4, -0.2) is 18.7 Å². The predicted octanol–water partition coefficient (Wildman–Crippen LogP) is 4.06. The van der Waals surface area contributed by atoms with Gasteiger partial charge >= 0.3 is 5.69 Å². The number of fused-ring (bicyclic) bond motifs is 1. The number of hydrogen-bond acceptors (Lipinski definition) is 3. The molecule has 0 saturated carbocycles. The second-order valence-electron chi connectivity index (χ2n) is 8.30. The van der Waals surface area contributed by atoms with E-state index in [1.165, 1.54) is 9.13 Å². The monoisotopic (exact) mass is 436 g/mol. The van der Waals surface area contributed by atoms with E-state index in [0.29, 0.717) is 23.4 Å². The van der Waals surface area contributed by atoms with E-state index < -0.39 is 5.69 Å². The smallest absolute Gasteiger partial charge is 0.320 e. The Labute approximate surface area is 191 Å². The van der Waals surface area contributed by atoms with Crippen LogP contribution in [0.3, 0.4) is 0 Å². The van der Waals surface area contributed by atoms with Crippen LogP contribution in [0.1, 0.15) is 22.3 Å². The lowest BCUT2D eigenvalue weighted by molar-refractivity contribution is 0.677. The lowest BCUT2D eigenvalue weighted by Crippen LogP contribution is -2.40. The lowest BCUT2D eigenvalue weighted by atomic mass is 10.1. The molecule has 0 bridgehead atoms. The number of hydrogen-bond donors (Lipinski definition) is 0. The van der Waals surface area contributed by atoms with Crippen molar-refractivity contribution in [3.63, 3.8) is 0 Å². The third kappa shape index (κ3) is 3.80. The molecule has 3 aromatic carbocycles. The minimum absolute atomic E-state index is 0.190. The van der Waals surface area contributed by atoms with Crippen LogP contribution in [0.5, 0.6) is 0 Å². The van der Waals surface area contributed by atoms with Crippen LogP contribution in [0.2, 0.25) is 0 Å². The van der Waals surface area contributed by atoms with Gasteiger partial charge in [-0.25, -0.2) is 14.3 Å². The SMILES string of the molecule is Cc1ccc(-n2c(=O)n(Cc3ccccc3)c(=O)c3c2ncn3Cc2ccccc2C)cc1. The van der Waals surface area contributed by atoms with Crippen molar-refractivity contribution in [1.82, 2.24) is 18.7 Å². The minimum atomic E-state index is -0.402. The van der Waals surface area contributed by atoms with Gasteiger partial charge in [-0.2, -0.15) is 0 Å². The van der Waals surface area contributed by atoms with Gasteiger partial charge in [0, 0.05) is 6.54 Å². The van der Waals surface area contributed by atoms with Gasteiger partial charge in [0.15, 0.2) is 11.2 Å². The van der Waals surface area contributed by atoms with Crippen molar-refractivity contribution in [2.45, 2.75) is 26.9 Å². The van der Waals surface area contributed by atoms with E-state index in [2.05, 4.69) is 4.98 Å². The number of benzene rings is 3. The maximum absolute atomic E-state index is 13.6. The van der Waals surface area contributed by atoms with Crippen LogP contribution in [0.4, 0.5) is 0 Å². The molecule has 0 radical (unpaired) electrons. The molecule has 5 rings (SSSR count). The Balaban J connectivity index is 1.77. The molecule has 0 spiro atoms. The molecule has 0 aliphatic heterocycles. The summed E-state index contributed by atoms with van der Waals surface area (Å²) < 4.78 is 4.67. The summed E-state index contributed by atoms with van der Waals surface area (Å²) in [4.78, 5) is 31.8. The summed E-state index contributed by atoms with van der Waals surface area (Å²) >= 11 is 0. The summed E-state index contributed by atoms with van der Waals surface area (Å²) in [7, 11) is 0. The van der Waals surface area contributed by atoms with Gasteiger partial charge in [-0.3, -0.25) is 9.36 Å². The highest BCUT2D eigenvalue weighted by Crippen LogP contribution is 2.17. The van der Waals surface area contributed by atoms with E-state index in [4.69, 9.17) is 0 Å². The molecule has 0 amide bonds. The van der Waals surface area contributed by atoms with Crippen LogP contribution < -0.4 is 11.2 Å². The first kappa shape index (κ1) is 20.7. The topological polar surface area (TPSA) is 61.8 Å². The van der Waals surface area contributed by atoms with Gasteiger partial charge < -0.3 is 4.57 Å². The summed E-state index contributed by atoms with van der Waals surface area (Å²) in [6.45, 7) is 4.73. The molecule has 33 heavy (non-hydrogen) atoms. The van der Waals surface area contributed by atoms with Gasteiger partial charge in [-0.05, 0) is 42.7 Å². The molecule has 164 valence electrons. The molecule has 0 saturated heterocycles. The first-order valence-corrected chi connectivity index (χ1v) is 10.9. The normalized spacial score (nSPS) is 11.2. The molecule has 0 N–H and O–H groups in total. The van der Waals surface area contributed by atoms with Crippen molar-refractivity contribution in [2.75, 3.05) is 0 Å². The summed E-state index contributed by atoms with van der Waals surface area (Å²) in [6, 6.07) is 25.3. The molecule has 0 unspecified atom stereocenters. The average Bonchev–Trinajstić information content (AvgIpc) is 3.23. The fourth-order valence-corrected chi connectivity index (χ4v) is 4.10. The standard InChI is InChI=1S/C27H24N4O2/c1-19-12-14-23(15-13-19)31-25-24(29(18-28-25)17-22-11-7-6-8-20(22)2)26(32)30(27(31)33)16-21-9-4-3-5-10-21/h3-15,18H,16-17H2,1-2H3. The first-order chi connectivity index (χ1) is 16.0. The first-order valence-electron chi connectivity index (χ1n) is 10.9. The van der Waals surface area contributed by atoms with E-state index in [9.17, 15) is 9.59 Å². The van der Waals surface area contributed by atoms with Crippen LogP contribution in [0, 0.1) is 13.8 Å². The van der Waals surface area contributed by atoms with E-state index >= 15 is 0 Å². The van der Waals surface area contributed by atoms with Crippen LogP contribution in [0.25, 0.3) is 16.9 Å². The van der Waals surface area contributed by atoms with Gasteiger partial charge in [0.1, 0.15) is 0 Å². The molecule has 0 aliphatic rings. The number of aryl methyl sites for hydroxylation is 2. The van der Waals surface area contributed by atoms with Crippen molar-refractivity contribution in [3.05, 3.63) is 128 Å². The number of aromatic nitrogens is 4. The second kappa shape index (κ2) is 8.39.